The predicted octanol–water partition coefficient (Wildman–Crippen LogP) is 2.84. The summed E-state index contributed by atoms with van der Waals surface area (Å²) in [4.78, 5) is 0. The van der Waals surface area contributed by atoms with E-state index in [0.717, 1.165) is 5.75 Å². The van der Waals surface area contributed by atoms with Gasteiger partial charge in [-0.3, -0.25) is 0 Å². The minimum Gasteiger partial charge on any atom is -0.178 e. The van der Waals surface area contributed by atoms with Crippen molar-refractivity contribution in [3.05, 3.63) is 0 Å². The zero-order valence-corrected chi connectivity index (χ0v) is 8.35. The van der Waals surface area contributed by atoms with Crippen molar-refractivity contribution in [3.63, 3.8) is 0 Å². The van der Waals surface area contributed by atoms with Gasteiger partial charge >= 0.3 is 0 Å². The van der Waals surface area contributed by atoms with Crippen molar-refractivity contribution in [1.82, 2.24) is 0 Å². The molecule has 2 heteroatoms. The van der Waals surface area contributed by atoms with Gasteiger partial charge < -0.3 is 0 Å². The quantitative estimate of drug-likeness (QED) is 0.612. The van der Waals surface area contributed by atoms with E-state index < -0.39 is 0 Å². The van der Waals surface area contributed by atoms with Crippen LogP contribution < -0.4 is 0 Å². The highest BCUT2D eigenvalue weighted by Gasteiger charge is 2.13. The molecule has 0 saturated heterocycles. The van der Waals surface area contributed by atoms with Crippen molar-refractivity contribution in [2.75, 3.05) is 5.75 Å². The monoisotopic (exact) mass is 164 g/mol. The molecule has 9 heavy (non-hydrogen) atoms. The van der Waals surface area contributed by atoms with Crippen LogP contribution in [0.5, 0.6) is 0 Å². The van der Waals surface area contributed by atoms with Gasteiger partial charge in [0.1, 0.15) is 0 Å². The molecule has 0 radical (unpaired) electrons. The predicted molar refractivity (Wildman–Crippen MR) is 50.7 cm³/mol. The highest BCUT2D eigenvalue weighted by molar-refractivity contribution is 8.01. The van der Waals surface area contributed by atoms with Crippen molar-refractivity contribution in [2.24, 2.45) is 0 Å². The lowest BCUT2D eigenvalue weighted by atomic mass is 10.3. The van der Waals surface area contributed by atoms with Gasteiger partial charge in [0.05, 0.1) is 0 Å². The van der Waals surface area contributed by atoms with Crippen LogP contribution in [0.1, 0.15) is 27.7 Å². The molecular formula is C7H16S2. The Morgan fingerprint density at radius 1 is 1.44 bits per heavy atom. The third-order valence-electron chi connectivity index (χ3n) is 0.812. The van der Waals surface area contributed by atoms with Crippen LogP contribution >= 0.6 is 24.4 Å². The Morgan fingerprint density at radius 3 is 2.00 bits per heavy atom. The van der Waals surface area contributed by atoms with Gasteiger partial charge in [-0.25, -0.2) is 0 Å². The van der Waals surface area contributed by atoms with Gasteiger partial charge in [-0.15, -0.1) is 0 Å². The molecule has 1 unspecified atom stereocenters. The van der Waals surface area contributed by atoms with Gasteiger partial charge in [-0.05, 0) is 0 Å². The smallest absolute Gasteiger partial charge is 0.0112 e. The molecule has 0 aromatic heterocycles. The van der Waals surface area contributed by atoms with Gasteiger partial charge in [-0.1, -0.05) is 27.7 Å². The molecule has 0 heterocycles. The lowest BCUT2D eigenvalue weighted by Gasteiger charge is -2.21. The van der Waals surface area contributed by atoms with Crippen LogP contribution in [0.15, 0.2) is 0 Å². The summed E-state index contributed by atoms with van der Waals surface area (Å²) in [7, 11) is 0. The summed E-state index contributed by atoms with van der Waals surface area (Å²) in [6.07, 6.45) is 0. The van der Waals surface area contributed by atoms with E-state index in [1.807, 2.05) is 11.8 Å². The topological polar surface area (TPSA) is 0 Å². The Balaban J connectivity index is 3.47. The standard InChI is InChI=1S/C7H16S2/c1-6(5-8)9-7(2,3)4/h6,8H,5H2,1-4H3. The normalized spacial score (nSPS) is 15.7. The van der Waals surface area contributed by atoms with Crippen molar-refractivity contribution in [2.45, 2.75) is 37.7 Å². The van der Waals surface area contributed by atoms with Crippen LogP contribution in [-0.4, -0.2) is 15.7 Å². The van der Waals surface area contributed by atoms with Crippen LogP contribution in [-0.2, 0) is 0 Å². The van der Waals surface area contributed by atoms with Crippen molar-refractivity contribution in [1.29, 1.82) is 0 Å². The van der Waals surface area contributed by atoms with E-state index in [2.05, 4.69) is 40.3 Å². The first-order valence-electron chi connectivity index (χ1n) is 3.24. The van der Waals surface area contributed by atoms with E-state index in [1.54, 1.807) is 0 Å². The Labute approximate surface area is 68.2 Å². The number of thioether (sulfide) groups is 1. The molecule has 0 rings (SSSR count). The average Bonchev–Trinajstić information content (AvgIpc) is 1.62. The third kappa shape index (κ3) is 6.59. The SMILES string of the molecule is CC(CS)SC(C)(C)C. The Morgan fingerprint density at radius 2 is 1.89 bits per heavy atom. The number of hydrogen-bond acceptors (Lipinski definition) is 2. The lowest BCUT2D eigenvalue weighted by Crippen LogP contribution is -2.14. The van der Waals surface area contributed by atoms with Crippen LogP contribution in [0.2, 0.25) is 0 Å². The highest BCUT2D eigenvalue weighted by atomic mass is 32.2. The van der Waals surface area contributed by atoms with Crippen LogP contribution in [0.4, 0.5) is 0 Å². The maximum atomic E-state index is 4.21. The molecule has 0 fully saturated rings. The summed E-state index contributed by atoms with van der Waals surface area (Å²) in [6, 6.07) is 0. The first kappa shape index (κ1) is 9.70. The molecule has 0 aliphatic rings. The fourth-order valence-electron chi connectivity index (χ4n) is 0.641. The molecule has 0 spiro atoms. The second-order valence-corrected chi connectivity index (χ2v) is 5.85. The third-order valence-corrected chi connectivity index (χ3v) is 2.88. The first-order valence-corrected chi connectivity index (χ1v) is 4.75. The van der Waals surface area contributed by atoms with Gasteiger partial charge in [-0.2, -0.15) is 24.4 Å². The minimum absolute atomic E-state index is 0.391. The molecule has 1 atom stereocenters. The Kier molecular flexibility index (Phi) is 4.06. The second-order valence-electron chi connectivity index (χ2n) is 3.22. The Bertz CT molecular complexity index is 73.5. The van der Waals surface area contributed by atoms with Gasteiger partial charge in [0.2, 0.25) is 0 Å². The van der Waals surface area contributed by atoms with Crippen LogP contribution in [0.3, 0.4) is 0 Å². The number of hydrogen-bond donors (Lipinski definition) is 1. The molecule has 0 aliphatic heterocycles. The molecule has 56 valence electrons. The largest absolute Gasteiger partial charge is 0.178 e. The maximum absolute atomic E-state index is 4.21. The summed E-state index contributed by atoms with van der Waals surface area (Å²) >= 11 is 6.19. The molecule has 0 N–H and O–H groups in total. The molecule has 0 aromatic rings. The highest BCUT2D eigenvalue weighted by Crippen LogP contribution is 2.27. The van der Waals surface area contributed by atoms with Crippen molar-refractivity contribution in [3.8, 4) is 0 Å². The summed E-state index contributed by atoms with van der Waals surface area (Å²) in [5.74, 6) is 0.974. The van der Waals surface area contributed by atoms with E-state index in [-0.39, 0.29) is 0 Å². The fraction of sp³-hybridized carbons (Fsp3) is 1.00. The first-order chi connectivity index (χ1) is 3.95. The molecule has 0 bridgehead atoms. The fourth-order valence-corrected chi connectivity index (χ4v) is 2.15. The summed E-state index contributed by atoms with van der Waals surface area (Å²) in [5, 5.41) is 0.674. The molecule has 0 amide bonds. The van der Waals surface area contributed by atoms with E-state index >= 15 is 0 Å². The van der Waals surface area contributed by atoms with E-state index in [1.165, 1.54) is 0 Å². The molecule has 0 aromatic carbocycles. The minimum atomic E-state index is 0.391. The molecule has 0 aliphatic carbocycles. The van der Waals surface area contributed by atoms with E-state index in [0.29, 0.717) is 10.00 Å². The number of thiol groups is 1. The zero-order valence-electron chi connectivity index (χ0n) is 6.64. The summed E-state index contributed by atoms with van der Waals surface area (Å²) in [6.45, 7) is 8.91. The zero-order chi connectivity index (χ0) is 7.49. The Hall–Kier alpha value is 0.700. The second kappa shape index (κ2) is 3.77. The van der Waals surface area contributed by atoms with Gasteiger partial charge in [0.15, 0.2) is 0 Å². The average molecular weight is 164 g/mol. The van der Waals surface area contributed by atoms with Crippen LogP contribution in [0, 0.1) is 0 Å². The molecule has 0 nitrogen and oxygen atoms in total. The van der Waals surface area contributed by atoms with E-state index in [9.17, 15) is 0 Å². The van der Waals surface area contributed by atoms with Crippen molar-refractivity contribution < 1.29 is 0 Å². The van der Waals surface area contributed by atoms with Gasteiger partial charge in [0, 0.05) is 15.7 Å². The lowest BCUT2D eigenvalue weighted by molar-refractivity contribution is 0.796. The van der Waals surface area contributed by atoms with Crippen LogP contribution in [0.25, 0.3) is 0 Å². The summed E-state index contributed by atoms with van der Waals surface area (Å²) < 4.78 is 0.391. The molecule has 0 saturated carbocycles. The maximum Gasteiger partial charge on any atom is 0.0112 e. The van der Waals surface area contributed by atoms with Crippen molar-refractivity contribution >= 4 is 24.4 Å². The molecular weight excluding hydrogens is 148 g/mol. The number of rotatable bonds is 2. The van der Waals surface area contributed by atoms with E-state index in [4.69, 9.17) is 0 Å². The van der Waals surface area contributed by atoms with Gasteiger partial charge in [0.25, 0.3) is 0 Å². The summed E-state index contributed by atoms with van der Waals surface area (Å²) in [5.41, 5.74) is 0.